The summed E-state index contributed by atoms with van der Waals surface area (Å²) in [7, 11) is 0. The number of aliphatic hydroxyl groups excluding tert-OH is 8. The van der Waals surface area contributed by atoms with Crippen LogP contribution in [0.1, 0.15) is 11.1 Å². The van der Waals surface area contributed by atoms with Crippen molar-refractivity contribution in [3.63, 3.8) is 0 Å². The topological polar surface area (TPSA) is 190 Å². The first-order valence-corrected chi connectivity index (χ1v) is 10.9. The van der Waals surface area contributed by atoms with Crippen LogP contribution in [-0.4, -0.2) is 121 Å². The van der Waals surface area contributed by atoms with Crippen molar-refractivity contribution in [2.75, 3.05) is 13.2 Å². The normalized spacial score (nSPS) is 36.1. The Morgan fingerprint density at radius 3 is 1.68 bits per heavy atom. The molecule has 8 N–H and O–H groups in total. The molecule has 2 aliphatic heterocycles. The quantitative estimate of drug-likeness (QED) is 0.184. The fraction of sp³-hybridized carbons (Fsp3) is 0.565. The van der Waals surface area contributed by atoms with Crippen LogP contribution >= 0.6 is 0 Å². The second kappa shape index (κ2) is 11.9. The minimum Gasteiger partial charge on any atom is -0.404 e. The summed E-state index contributed by atoms with van der Waals surface area (Å²) >= 11 is 0. The molecule has 0 spiro atoms. The third-order valence-corrected chi connectivity index (χ3v) is 5.70. The van der Waals surface area contributed by atoms with Gasteiger partial charge in [0.1, 0.15) is 66.8 Å². The summed E-state index contributed by atoms with van der Waals surface area (Å²) in [5.41, 5.74) is -0.359. The van der Waals surface area contributed by atoms with Crippen LogP contribution in [0.5, 0.6) is 5.75 Å². The van der Waals surface area contributed by atoms with Gasteiger partial charge in [-0.3, -0.25) is 0 Å². The average molecular weight is 534 g/mol. The van der Waals surface area contributed by atoms with Crippen molar-refractivity contribution in [1.29, 1.82) is 0 Å². The summed E-state index contributed by atoms with van der Waals surface area (Å²) in [4.78, 5) is 0. The standard InChI is InChI=1S/C23H25F3O11/c24-23(25,26)37-14-7-10(2-5-12-17(29)21(33)19(31)15(8-27)35-12)1-3-11(14)4-6-13-18(30)22(34)20(32)16(9-28)36-13/h1,3,7,12-13,15-22,27-34H,8-9H2/t12-,13-,15-,16-,17-,18-,19-,20-,21-,22-/m1/s1. The molecule has 2 heterocycles. The molecule has 2 fully saturated rings. The van der Waals surface area contributed by atoms with Gasteiger partial charge < -0.3 is 55.1 Å². The van der Waals surface area contributed by atoms with E-state index < -0.39 is 86.4 Å². The zero-order valence-corrected chi connectivity index (χ0v) is 18.9. The van der Waals surface area contributed by atoms with E-state index in [1.807, 2.05) is 0 Å². The highest BCUT2D eigenvalue weighted by molar-refractivity contribution is 5.52. The molecule has 11 nitrogen and oxygen atoms in total. The summed E-state index contributed by atoms with van der Waals surface area (Å²) in [5, 5.41) is 77.9. The van der Waals surface area contributed by atoms with Crippen molar-refractivity contribution in [1.82, 2.24) is 0 Å². The maximum absolute atomic E-state index is 13.0. The van der Waals surface area contributed by atoms with Gasteiger partial charge >= 0.3 is 6.36 Å². The molecule has 0 bridgehead atoms. The van der Waals surface area contributed by atoms with Gasteiger partial charge in [-0.25, -0.2) is 0 Å². The van der Waals surface area contributed by atoms with Crippen molar-refractivity contribution in [2.24, 2.45) is 0 Å². The van der Waals surface area contributed by atoms with Gasteiger partial charge in [0.05, 0.1) is 18.8 Å². The molecule has 2 aliphatic rings. The van der Waals surface area contributed by atoms with Crippen LogP contribution < -0.4 is 4.74 Å². The van der Waals surface area contributed by atoms with E-state index >= 15 is 0 Å². The van der Waals surface area contributed by atoms with Crippen LogP contribution in [0, 0.1) is 23.7 Å². The van der Waals surface area contributed by atoms with Crippen LogP contribution in [0.25, 0.3) is 0 Å². The van der Waals surface area contributed by atoms with Crippen LogP contribution in [0.4, 0.5) is 13.2 Å². The molecule has 0 saturated carbocycles. The third kappa shape index (κ3) is 6.90. The molecule has 2 saturated heterocycles. The summed E-state index contributed by atoms with van der Waals surface area (Å²) < 4.78 is 53.4. The molecule has 3 rings (SSSR count). The smallest absolute Gasteiger partial charge is 0.404 e. The van der Waals surface area contributed by atoms with E-state index in [2.05, 4.69) is 28.4 Å². The second-order valence-corrected chi connectivity index (χ2v) is 8.30. The molecular formula is C23H25F3O11. The number of aliphatic hydroxyl groups is 8. The summed E-state index contributed by atoms with van der Waals surface area (Å²) in [6.07, 6.45) is -20.5. The predicted molar refractivity (Wildman–Crippen MR) is 114 cm³/mol. The van der Waals surface area contributed by atoms with Crippen molar-refractivity contribution in [3.05, 3.63) is 29.3 Å². The first-order chi connectivity index (χ1) is 17.4. The zero-order chi connectivity index (χ0) is 27.5. The van der Waals surface area contributed by atoms with Crippen molar-refractivity contribution < 1.29 is 68.2 Å². The van der Waals surface area contributed by atoms with Gasteiger partial charge in [0.15, 0.2) is 0 Å². The Balaban J connectivity index is 1.88. The number of hydrogen-bond acceptors (Lipinski definition) is 11. The lowest BCUT2D eigenvalue weighted by Crippen LogP contribution is -2.58. The van der Waals surface area contributed by atoms with E-state index in [9.17, 15) is 54.0 Å². The Labute approximate surface area is 208 Å². The van der Waals surface area contributed by atoms with Crippen molar-refractivity contribution in [2.45, 2.75) is 67.4 Å². The Kier molecular flexibility index (Phi) is 9.38. The Morgan fingerprint density at radius 2 is 1.22 bits per heavy atom. The first-order valence-electron chi connectivity index (χ1n) is 10.9. The number of alkyl halides is 3. The lowest BCUT2D eigenvalue weighted by Gasteiger charge is -2.37. The van der Waals surface area contributed by atoms with Crippen LogP contribution in [-0.2, 0) is 9.47 Å². The SMILES string of the molecule is OC[C@H]1O[C@H](C#Cc2ccc(C#C[C@H]3O[C@H](CO)[C@@H](O)[C@H](O)[C@@H]3O)c(OC(F)(F)F)c2)[C@@H](O)[C@@H](O)[C@@H]1O. The maximum atomic E-state index is 13.0. The average Bonchev–Trinajstić information content (AvgIpc) is 2.85. The van der Waals surface area contributed by atoms with Gasteiger partial charge in [-0.2, -0.15) is 0 Å². The molecule has 0 aromatic heterocycles. The molecule has 204 valence electrons. The molecule has 1 aromatic rings. The summed E-state index contributed by atoms with van der Waals surface area (Å²) in [5.74, 6) is 8.77. The van der Waals surface area contributed by atoms with Crippen LogP contribution in [0.3, 0.4) is 0 Å². The predicted octanol–water partition coefficient (Wildman–Crippen LogP) is -3.03. The maximum Gasteiger partial charge on any atom is 0.573 e. The second-order valence-electron chi connectivity index (χ2n) is 8.30. The van der Waals surface area contributed by atoms with Gasteiger partial charge in [-0.15, -0.1) is 13.2 Å². The minimum atomic E-state index is -5.12. The molecule has 0 radical (unpaired) electrons. The van der Waals surface area contributed by atoms with Gasteiger partial charge in [-0.1, -0.05) is 23.7 Å². The summed E-state index contributed by atoms with van der Waals surface area (Å²) in [6.45, 7) is -1.40. The largest absolute Gasteiger partial charge is 0.573 e. The molecule has 37 heavy (non-hydrogen) atoms. The van der Waals surface area contributed by atoms with Crippen molar-refractivity contribution in [3.8, 4) is 29.4 Å². The Morgan fingerprint density at radius 1 is 0.730 bits per heavy atom. The first kappa shape index (κ1) is 29.1. The molecule has 14 heteroatoms. The minimum absolute atomic E-state index is 0.0467. The highest BCUT2D eigenvalue weighted by atomic mass is 19.4. The Hall–Kier alpha value is -2.47. The molecule has 0 amide bonds. The van der Waals surface area contributed by atoms with Gasteiger partial charge in [0.2, 0.25) is 0 Å². The molecule has 0 aliphatic carbocycles. The number of rotatable bonds is 3. The zero-order valence-electron chi connectivity index (χ0n) is 18.9. The molecule has 1 aromatic carbocycles. The number of hydrogen-bond donors (Lipinski definition) is 8. The fourth-order valence-corrected chi connectivity index (χ4v) is 3.66. The fourth-order valence-electron chi connectivity index (χ4n) is 3.66. The molecule has 0 unspecified atom stereocenters. The summed E-state index contributed by atoms with van der Waals surface area (Å²) in [6, 6.07) is 3.23. The van der Waals surface area contributed by atoms with E-state index in [1.165, 1.54) is 6.07 Å². The van der Waals surface area contributed by atoms with Crippen molar-refractivity contribution >= 4 is 0 Å². The van der Waals surface area contributed by atoms with E-state index in [0.717, 1.165) is 12.1 Å². The highest BCUT2D eigenvalue weighted by Gasteiger charge is 2.43. The highest BCUT2D eigenvalue weighted by Crippen LogP contribution is 2.28. The van der Waals surface area contributed by atoms with E-state index in [-0.39, 0.29) is 11.1 Å². The van der Waals surface area contributed by atoms with Gasteiger partial charge in [-0.05, 0) is 18.2 Å². The monoisotopic (exact) mass is 534 g/mol. The number of ether oxygens (including phenoxy) is 3. The van der Waals surface area contributed by atoms with Crippen LogP contribution in [0.15, 0.2) is 18.2 Å². The molecule has 10 atom stereocenters. The van der Waals surface area contributed by atoms with Gasteiger partial charge in [0.25, 0.3) is 0 Å². The van der Waals surface area contributed by atoms with Gasteiger partial charge in [0, 0.05) is 5.56 Å². The lowest BCUT2D eigenvalue weighted by molar-refractivity contribution is -0.274. The number of halogens is 3. The molecular weight excluding hydrogens is 509 g/mol. The Bertz CT molecular complexity index is 1060. The van der Waals surface area contributed by atoms with E-state index in [1.54, 1.807) is 0 Å². The van der Waals surface area contributed by atoms with E-state index in [0.29, 0.717) is 0 Å². The number of benzene rings is 1. The van der Waals surface area contributed by atoms with Crippen LogP contribution in [0.2, 0.25) is 0 Å². The lowest BCUT2D eigenvalue weighted by atomic mass is 9.95. The third-order valence-electron chi connectivity index (χ3n) is 5.70. The van der Waals surface area contributed by atoms with E-state index in [4.69, 9.17) is 9.47 Å².